The Morgan fingerprint density at radius 2 is 1.08 bits per heavy atom. The Morgan fingerprint density at radius 1 is 0.604 bits per heavy atom. The molecule has 7 heterocycles. The highest BCUT2D eigenvalue weighted by molar-refractivity contribution is 7.87. The normalized spacial score (nSPS) is 22.9. The number of nitrogens with one attached hydrogen (secondary N) is 10. The van der Waals surface area contributed by atoms with Crippen LogP contribution in [0.2, 0.25) is 0 Å². The fourth-order valence-electron chi connectivity index (χ4n) is 17.4. The fraction of sp³-hybridized carbons (Fsp3) is 0.596. The number of pyridine rings is 2. The molecule has 0 bridgehead atoms. The maximum atomic E-state index is 15.4. The third-order valence-corrected chi connectivity index (χ3v) is 31.2. The highest BCUT2D eigenvalue weighted by atomic mass is 32.2. The molecule has 4 aliphatic carbocycles. The summed E-state index contributed by atoms with van der Waals surface area (Å²) in [7, 11) is 1.49. The summed E-state index contributed by atoms with van der Waals surface area (Å²) < 4.78 is 81.8. The predicted octanol–water partition coefficient (Wildman–Crippen LogP) is 9.80. The molecule has 7 aliphatic rings. The lowest BCUT2D eigenvalue weighted by Gasteiger charge is -2.38. The van der Waals surface area contributed by atoms with Gasteiger partial charge in [-0.15, -0.1) is 42.4 Å². The second-order valence-corrected chi connectivity index (χ2v) is 46.2. The molecule has 0 radical (unpaired) electrons. The Bertz CT molecular complexity index is 5590. The molecule has 3 aliphatic heterocycles. The molecule has 7 fully saturated rings. The molecule has 10 N–H and O–H groups in total. The van der Waals surface area contributed by atoms with E-state index >= 15 is 9.59 Å². The van der Waals surface area contributed by atoms with Crippen molar-refractivity contribution in [3.63, 3.8) is 0 Å². The van der Waals surface area contributed by atoms with E-state index in [1.807, 2.05) is 110 Å². The highest BCUT2D eigenvalue weighted by Gasteiger charge is 2.63. The van der Waals surface area contributed by atoms with Crippen LogP contribution in [-0.4, -0.2) is 277 Å². The van der Waals surface area contributed by atoms with Crippen molar-refractivity contribution in [3.8, 4) is 45.8 Å². The van der Waals surface area contributed by atoms with Crippen molar-refractivity contribution in [2.75, 3.05) is 98.9 Å². The molecule has 36 nitrogen and oxygen atoms in total. The number of hydrogen-bond donors (Lipinski definition) is 10. The van der Waals surface area contributed by atoms with Gasteiger partial charge in [-0.3, -0.25) is 28.8 Å². The van der Waals surface area contributed by atoms with Gasteiger partial charge in [0.15, 0.2) is 10.3 Å². The Hall–Kier alpha value is -10.4. The van der Waals surface area contributed by atoms with E-state index in [1.165, 1.54) is 69.3 Å². The zero-order valence-electron chi connectivity index (χ0n) is 80.6. The second-order valence-electron chi connectivity index (χ2n) is 40.2. The van der Waals surface area contributed by atoms with Gasteiger partial charge in [-0.2, -0.15) is 34.1 Å². The van der Waals surface area contributed by atoms with Crippen LogP contribution >= 0.6 is 22.7 Å². The number of likely N-dealkylation sites (N-methyl/N-ethyl adjacent to an activating group) is 2. The number of aromatic nitrogens is 4. The van der Waals surface area contributed by atoms with Crippen LogP contribution in [0.15, 0.2) is 97.3 Å². The van der Waals surface area contributed by atoms with E-state index in [0.29, 0.717) is 106 Å². The molecular weight excluding hydrogens is 1790 g/mol. The van der Waals surface area contributed by atoms with E-state index < -0.39 is 138 Å². The molecule has 2 unspecified atom stereocenters. The number of nitrogens with zero attached hydrogens (tertiary/aromatic N) is 10. The molecule has 3 saturated heterocycles. The van der Waals surface area contributed by atoms with Gasteiger partial charge in [-0.1, -0.05) is 99.8 Å². The number of thiazole rings is 2. The summed E-state index contributed by atoms with van der Waals surface area (Å²) in [6.45, 7) is 37.2. The van der Waals surface area contributed by atoms with Crippen LogP contribution in [0.25, 0.3) is 44.6 Å². The van der Waals surface area contributed by atoms with Gasteiger partial charge in [0.2, 0.25) is 35.4 Å². The molecular formula is C94H136N20O16S4. The predicted molar refractivity (Wildman–Crippen MR) is 520 cm³/mol. The minimum Gasteiger partial charge on any atom is -0.497 e. The van der Waals surface area contributed by atoms with Crippen LogP contribution < -0.4 is 72.1 Å². The first kappa shape index (κ1) is 103. The molecule has 6 aromatic rings. The largest absolute Gasteiger partial charge is 0.497 e. The Morgan fingerprint density at radius 3 is 1.51 bits per heavy atom. The van der Waals surface area contributed by atoms with Gasteiger partial charge in [0, 0.05) is 162 Å². The average molecular weight is 1930 g/mol. The second kappa shape index (κ2) is 41.7. The van der Waals surface area contributed by atoms with E-state index in [9.17, 15) is 45.6 Å². The van der Waals surface area contributed by atoms with Crippen molar-refractivity contribution >= 4 is 123 Å². The monoisotopic (exact) mass is 1930 g/mol. The maximum Gasteiger partial charge on any atom is 0.315 e. The van der Waals surface area contributed by atoms with Crippen LogP contribution in [0.5, 0.6) is 23.0 Å². The molecule has 40 heteroatoms. The number of rotatable bonds is 36. The molecule has 10 amide bonds. The van der Waals surface area contributed by atoms with Crippen LogP contribution in [0.3, 0.4) is 0 Å². The molecule has 4 saturated carbocycles. The molecule has 13 rings (SSSR count). The van der Waals surface area contributed by atoms with E-state index in [2.05, 4.69) is 72.9 Å². The molecule has 134 heavy (non-hydrogen) atoms. The summed E-state index contributed by atoms with van der Waals surface area (Å²) in [6, 6.07) is 7.98. The zero-order chi connectivity index (χ0) is 97.8. The molecule has 732 valence electrons. The topological polar surface area (TPSA) is 433 Å². The molecule has 2 aromatic carbocycles. The summed E-state index contributed by atoms with van der Waals surface area (Å²) in [5.74, 6) is -1.45. The average Bonchev–Trinajstić information content (AvgIpc) is 1.58. The van der Waals surface area contributed by atoms with Crippen LogP contribution in [0.1, 0.15) is 161 Å². The number of likely N-dealkylation sites (tertiary alicyclic amines) is 2. The van der Waals surface area contributed by atoms with Gasteiger partial charge in [-0.25, -0.2) is 29.5 Å². The number of fused-ring (bicyclic) bond motifs is 2. The summed E-state index contributed by atoms with van der Waals surface area (Å²) in [4.78, 5) is 138. The minimum absolute atomic E-state index is 0.00894. The van der Waals surface area contributed by atoms with E-state index in [4.69, 9.17) is 38.9 Å². The van der Waals surface area contributed by atoms with E-state index in [0.717, 1.165) is 51.0 Å². The Labute approximate surface area is 795 Å². The number of anilines is 2. The Kier molecular flexibility index (Phi) is 31.9. The number of methoxy groups -OCH3 is 2. The number of carbonyl (C=O) groups is 8. The highest BCUT2D eigenvalue weighted by Crippen LogP contribution is 2.48. The summed E-state index contributed by atoms with van der Waals surface area (Å²) >= 11 is 2.92. The third-order valence-electron chi connectivity index (χ3n) is 25.9. The van der Waals surface area contributed by atoms with Gasteiger partial charge in [0.25, 0.3) is 20.4 Å². The van der Waals surface area contributed by atoms with Crippen LogP contribution in [-0.2, 0) is 49.2 Å². The number of amides is 10. The van der Waals surface area contributed by atoms with Crippen molar-refractivity contribution in [1.29, 1.82) is 0 Å². The van der Waals surface area contributed by atoms with Gasteiger partial charge in [0.1, 0.15) is 81.8 Å². The van der Waals surface area contributed by atoms with Crippen molar-refractivity contribution in [1.82, 2.24) is 89.5 Å². The minimum atomic E-state index is -3.81. The number of ether oxygens (including phenoxy) is 4. The van der Waals surface area contributed by atoms with Gasteiger partial charge in [-0.05, 0) is 113 Å². The standard InChI is InChI=1S/C48H68N10O8S2.C46H68N10O8S2/c1-9-30-24-48(30,44(61)50-31-15-16-31)55-42(59)38-22-33(66-39-23-36(37-27-67-46(52-37)49-28(2)3)51-35-21-32(65-8)17-18-34(35)39)25-58(38)43(60)41(29-13-11-10-12-14-29)54-45(62)53-40(47(4,5)6)26-57-20-19-56(7)68(57,63)64;1-15-19-47-41(59)46(23-28(46)16-2)53-39(57)35-21-30(64-36-22-33(34-26-65-43(50-34)48-27(3)4)49-32-20-29(63-14)17-18-31(32)36)24-56(35)40(58)38(45(8,9)10)52-42(60)51-37(44(5,6)7)25-55(13)66(61,62)54(11)12/h9,17-18,21,23,27-31,33,38,40-41H,1,10-16,19-20,22,24-26H2,2-8H3,(H,49,52)(H,50,61)(H,55,59)(H2,53,54,62);15-18,20,22,26-28,30,35,37-38H,1-2,19,21,23-25H2,3-14H3,(H,47,59)(H,48,50)(H,53,57)(H2,51,52,60)/t30?,33-,38+,40-,41+,48-;28?,30-,35+,37-,38-,46-/m11/s1. The van der Waals surface area contributed by atoms with E-state index in [1.54, 1.807) is 71.4 Å². The molecule has 0 spiro atoms. The van der Waals surface area contributed by atoms with Crippen molar-refractivity contribution in [2.24, 2.45) is 34.0 Å². The SMILES string of the molecule is C=CC1C[C@]1(NC(=O)[C@@H]1C[C@@H](Oc2cc(-c3csc(NC(C)C)n3)nc3cc(OC)ccc23)CN1C(=O)[C@@H](NC(=O)N[C@H](CN1CCN(C)S1(=O)=O)C(C)(C)C)C1CCCCC1)C(=O)NC1CC1.C=CCNC(=O)[C@@]1(NC(=O)[C@@H]2C[C@@H](Oc3cc(-c4csc(NC(C)C)n4)nc4cc(OC)ccc34)CN2C(=O)[C@@H](NC(=O)N[C@H](CN(C)S(=O)(=O)N(C)C)C(C)(C)C)C(C)(C)C)CC1C=C. The molecule has 12 atom stereocenters. The first-order valence-corrected chi connectivity index (χ1v) is 50.6. The summed E-state index contributed by atoms with van der Waals surface area (Å²) in [6.07, 6.45) is 10.1. The lowest BCUT2D eigenvalue weighted by atomic mass is 9.83. The maximum absolute atomic E-state index is 15.4. The quantitative estimate of drug-likeness (QED) is 0.0163. The zero-order valence-corrected chi connectivity index (χ0v) is 83.8. The van der Waals surface area contributed by atoms with Gasteiger partial charge in [0.05, 0.1) is 49.7 Å². The van der Waals surface area contributed by atoms with E-state index in [-0.39, 0.29) is 87.4 Å². The summed E-state index contributed by atoms with van der Waals surface area (Å²) in [5, 5.41) is 37.1. The van der Waals surface area contributed by atoms with Gasteiger partial charge < -0.3 is 81.9 Å². The third kappa shape index (κ3) is 24.0. The first-order valence-electron chi connectivity index (χ1n) is 46.0. The first-order chi connectivity index (χ1) is 63.0. The lowest BCUT2D eigenvalue weighted by molar-refractivity contribution is -0.142. The fourth-order valence-corrected chi connectivity index (χ4v) is 21.4. The van der Waals surface area contributed by atoms with Crippen molar-refractivity contribution in [2.45, 2.75) is 238 Å². The smallest absolute Gasteiger partial charge is 0.315 e. The van der Waals surface area contributed by atoms with Crippen molar-refractivity contribution in [3.05, 3.63) is 97.3 Å². The summed E-state index contributed by atoms with van der Waals surface area (Å²) in [5.41, 5.74) is -0.966. The Balaban J connectivity index is 0.000000242. The number of hydrogen-bond acceptors (Lipinski definition) is 24. The number of urea groups is 2. The van der Waals surface area contributed by atoms with Gasteiger partial charge >= 0.3 is 12.1 Å². The van der Waals surface area contributed by atoms with Crippen molar-refractivity contribution < 1.29 is 74.1 Å². The van der Waals surface area contributed by atoms with Crippen LogP contribution in [0.4, 0.5) is 19.9 Å². The molecule has 4 aromatic heterocycles. The number of carbonyl (C=O) groups excluding carboxylic acids is 8. The van der Waals surface area contributed by atoms with Crippen LogP contribution in [0, 0.1) is 34.0 Å². The number of benzene rings is 2. The lowest BCUT2D eigenvalue weighted by Crippen LogP contribution is -2.62.